The second kappa shape index (κ2) is 9.66. The summed E-state index contributed by atoms with van der Waals surface area (Å²) in [6.07, 6.45) is 1.54. The van der Waals surface area contributed by atoms with Crippen LogP contribution in [0.15, 0.2) is 18.3 Å². The molecule has 8 nitrogen and oxygen atoms in total. The number of nitrogens with zero attached hydrogens (tertiary/aromatic N) is 3. The molecule has 1 fully saturated rings. The van der Waals surface area contributed by atoms with Gasteiger partial charge in [-0.2, -0.15) is 0 Å². The highest BCUT2D eigenvalue weighted by Gasteiger charge is 2.19. The van der Waals surface area contributed by atoms with Crippen LogP contribution < -0.4 is 4.90 Å². The molecular formula is C19H29N3O5. The normalized spacial score (nSPS) is 15.5. The first-order valence-corrected chi connectivity index (χ1v) is 9.10. The van der Waals surface area contributed by atoms with Gasteiger partial charge in [-0.25, -0.2) is 14.6 Å². The van der Waals surface area contributed by atoms with Gasteiger partial charge in [0.15, 0.2) is 0 Å². The van der Waals surface area contributed by atoms with Crippen molar-refractivity contribution in [2.24, 2.45) is 0 Å². The van der Waals surface area contributed by atoms with Crippen LogP contribution in [0.3, 0.4) is 0 Å². The Kier molecular flexibility index (Phi) is 7.55. The highest BCUT2D eigenvalue weighted by molar-refractivity contribution is 5.89. The molecular weight excluding hydrogens is 350 g/mol. The minimum absolute atomic E-state index is 0.0201. The van der Waals surface area contributed by atoms with Crippen molar-refractivity contribution < 1.29 is 23.8 Å². The van der Waals surface area contributed by atoms with Crippen LogP contribution in [0.1, 0.15) is 31.1 Å². The van der Waals surface area contributed by atoms with E-state index in [0.29, 0.717) is 12.2 Å². The molecule has 0 aromatic carbocycles. The summed E-state index contributed by atoms with van der Waals surface area (Å²) in [5.41, 5.74) is -0.0399. The molecule has 0 radical (unpaired) electrons. The lowest BCUT2D eigenvalue weighted by molar-refractivity contribution is -0.160. The minimum atomic E-state index is -0.486. The van der Waals surface area contributed by atoms with Crippen molar-refractivity contribution in [3.8, 4) is 0 Å². The third-order valence-electron chi connectivity index (χ3n) is 4.06. The van der Waals surface area contributed by atoms with Crippen LogP contribution in [0.4, 0.5) is 5.82 Å². The van der Waals surface area contributed by atoms with E-state index in [0.717, 1.165) is 38.5 Å². The zero-order chi connectivity index (χ0) is 19.9. The molecule has 0 amide bonds. The van der Waals surface area contributed by atoms with Gasteiger partial charge in [-0.1, -0.05) is 0 Å². The topological polar surface area (TPSA) is 81.2 Å². The van der Waals surface area contributed by atoms with Crippen LogP contribution in [0.2, 0.25) is 0 Å². The average molecular weight is 379 g/mol. The summed E-state index contributed by atoms with van der Waals surface area (Å²) in [7, 11) is 1.35. The van der Waals surface area contributed by atoms with Crippen molar-refractivity contribution in [3.63, 3.8) is 0 Å². The molecule has 1 aromatic heterocycles. The number of hydrogen-bond acceptors (Lipinski definition) is 8. The molecule has 2 heterocycles. The molecule has 1 saturated heterocycles. The number of rotatable bonds is 7. The molecule has 2 rings (SSSR count). The Morgan fingerprint density at radius 2 is 1.85 bits per heavy atom. The van der Waals surface area contributed by atoms with Crippen LogP contribution in [-0.4, -0.2) is 80.5 Å². The summed E-state index contributed by atoms with van der Waals surface area (Å²) in [6, 6.07) is 3.57. The van der Waals surface area contributed by atoms with Gasteiger partial charge in [0.1, 0.15) is 18.0 Å². The molecule has 27 heavy (non-hydrogen) atoms. The number of anilines is 1. The Bertz CT molecular complexity index is 619. The number of hydrogen-bond donors (Lipinski definition) is 0. The van der Waals surface area contributed by atoms with Crippen molar-refractivity contribution in [1.82, 2.24) is 9.88 Å². The molecule has 1 aliphatic rings. The van der Waals surface area contributed by atoms with Crippen LogP contribution in [0, 0.1) is 0 Å². The van der Waals surface area contributed by atoms with Crippen molar-refractivity contribution in [1.29, 1.82) is 0 Å². The number of methoxy groups -OCH3 is 1. The lowest BCUT2D eigenvalue weighted by atomic mass is 10.2. The summed E-state index contributed by atoms with van der Waals surface area (Å²) >= 11 is 0. The Morgan fingerprint density at radius 3 is 2.41 bits per heavy atom. The summed E-state index contributed by atoms with van der Waals surface area (Å²) in [5, 5.41) is 0. The van der Waals surface area contributed by atoms with Crippen molar-refractivity contribution in [2.45, 2.75) is 26.4 Å². The summed E-state index contributed by atoms with van der Waals surface area (Å²) in [4.78, 5) is 31.9. The molecule has 0 aliphatic carbocycles. The second-order valence-electron chi connectivity index (χ2n) is 7.36. The lowest BCUT2D eigenvalue weighted by Gasteiger charge is -2.35. The number of ether oxygens (including phenoxy) is 3. The van der Waals surface area contributed by atoms with E-state index in [1.165, 1.54) is 13.3 Å². The summed E-state index contributed by atoms with van der Waals surface area (Å²) < 4.78 is 15.3. The molecule has 1 aromatic rings. The molecule has 0 saturated carbocycles. The van der Waals surface area contributed by atoms with Gasteiger partial charge in [-0.05, 0) is 32.9 Å². The van der Waals surface area contributed by atoms with Gasteiger partial charge >= 0.3 is 11.9 Å². The SMILES string of the molecule is COC(=O)c1ccc(N2CCN(CCOCC(=O)OC(C)(C)C)CC2)nc1. The number of piperazine rings is 1. The number of pyridine rings is 1. The van der Waals surface area contributed by atoms with Crippen LogP contribution >= 0.6 is 0 Å². The fourth-order valence-electron chi connectivity index (χ4n) is 2.73. The van der Waals surface area contributed by atoms with Gasteiger partial charge in [0, 0.05) is 38.9 Å². The lowest BCUT2D eigenvalue weighted by Crippen LogP contribution is -2.47. The number of esters is 2. The molecule has 150 valence electrons. The third kappa shape index (κ3) is 7.15. The highest BCUT2D eigenvalue weighted by atomic mass is 16.6. The first-order valence-electron chi connectivity index (χ1n) is 9.10. The fourth-order valence-corrected chi connectivity index (χ4v) is 2.73. The van der Waals surface area contributed by atoms with Crippen LogP contribution in [0.5, 0.6) is 0 Å². The first-order chi connectivity index (χ1) is 12.8. The highest BCUT2D eigenvalue weighted by Crippen LogP contribution is 2.14. The van der Waals surface area contributed by atoms with E-state index in [1.54, 1.807) is 6.07 Å². The maximum Gasteiger partial charge on any atom is 0.339 e. The van der Waals surface area contributed by atoms with Gasteiger partial charge in [0.25, 0.3) is 0 Å². The predicted octanol–water partition coefficient (Wildman–Crippen LogP) is 1.35. The summed E-state index contributed by atoms with van der Waals surface area (Å²) in [6.45, 7) is 10.2. The van der Waals surface area contributed by atoms with Crippen molar-refractivity contribution in [2.75, 3.05) is 57.9 Å². The zero-order valence-electron chi connectivity index (χ0n) is 16.6. The van der Waals surface area contributed by atoms with E-state index < -0.39 is 5.60 Å². The van der Waals surface area contributed by atoms with Crippen molar-refractivity contribution in [3.05, 3.63) is 23.9 Å². The molecule has 0 atom stereocenters. The van der Waals surface area contributed by atoms with E-state index in [9.17, 15) is 9.59 Å². The van der Waals surface area contributed by atoms with Crippen LogP contribution in [-0.2, 0) is 19.0 Å². The van der Waals surface area contributed by atoms with Gasteiger partial charge in [-0.15, -0.1) is 0 Å². The van der Waals surface area contributed by atoms with Gasteiger partial charge in [0.2, 0.25) is 0 Å². The Morgan fingerprint density at radius 1 is 1.15 bits per heavy atom. The third-order valence-corrected chi connectivity index (χ3v) is 4.06. The Balaban J connectivity index is 1.67. The summed E-state index contributed by atoms with van der Waals surface area (Å²) in [5.74, 6) is 0.127. The minimum Gasteiger partial charge on any atom is -0.465 e. The zero-order valence-corrected chi connectivity index (χ0v) is 16.6. The van der Waals surface area contributed by atoms with E-state index in [2.05, 4.69) is 19.5 Å². The number of aromatic nitrogens is 1. The molecule has 0 spiro atoms. The van der Waals surface area contributed by atoms with E-state index in [-0.39, 0.29) is 18.5 Å². The molecule has 1 aliphatic heterocycles. The predicted molar refractivity (Wildman–Crippen MR) is 101 cm³/mol. The van der Waals surface area contributed by atoms with Gasteiger partial charge in [-0.3, -0.25) is 4.90 Å². The standard InChI is InChI=1S/C19H29N3O5/c1-19(2,3)27-17(23)14-26-12-11-21-7-9-22(10-8-21)16-6-5-15(13-20-16)18(24)25-4/h5-6,13H,7-12,14H2,1-4H3. The number of carbonyl (C=O) groups is 2. The van der Waals surface area contributed by atoms with E-state index in [4.69, 9.17) is 9.47 Å². The molecule has 0 N–H and O–H groups in total. The van der Waals surface area contributed by atoms with Crippen LogP contribution in [0.25, 0.3) is 0 Å². The monoisotopic (exact) mass is 379 g/mol. The largest absolute Gasteiger partial charge is 0.465 e. The van der Waals surface area contributed by atoms with E-state index >= 15 is 0 Å². The van der Waals surface area contributed by atoms with Gasteiger partial charge < -0.3 is 19.1 Å². The van der Waals surface area contributed by atoms with Gasteiger partial charge in [0.05, 0.1) is 19.3 Å². The fraction of sp³-hybridized carbons (Fsp3) is 0.632. The molecule has 8 heteroatoms. The van der Waals surface area contributed by atoms with Crippen molar-refractivity contribution >= 4 is 17.8 Å². The second-order valence-corrected chi connectivity index (χ2v) is 7.36. The quantitative estimate of drug-likeness (QED) is 0.519. The average Bonchev–Trinajstić information content (AvgIpc) is 2.64. The molecule has 0 unspecified atom stereocenters. The Labute approximate surface area is 160 Å². The Hall–Kier alpha value is -2.19. The smallest absolute Gasteiger partial charge is 0.339 e. The molecule has 0 bridgehead atoms. The maximum absolute atomic E-state index is 11.6. The maximum atomic E-state index is 11.6. The first kappa shape index (κ1) is 21.1. The van der Waals surface area contributed by atoms with E-state index in [1.807, 2.05) is 26.8 Å². The number of carbonyl (C=O) groups excluding carboxylic acids is 2.